The first-order valence-corrected chi connectivity index (χ1v) is 10.8. The van der Waals surface area contributed by atoms with Crippen molar-refractivity contribution in [1.82, 2.24) is 0 Å². The molecule has 0 heteroatoms. The minimum Gasteiger partial charge on any atom is -0.0651 e. The van der Waals surface area contributed by atoms with Crippen molar-refractivity contribution in [1.29, 1.82) is 0 Å². The van der Waals surface area contributed by atoms with E-state index in [0.29, 0.717) is 0 Å². The Kier molecular flexibility index (Phi) is 3.11. The van der Waals surface area contributed by atoms with Gasteiger partial charge in [-0.05, 0) is 83.9 Å². The van der Waals surface area contributed by atoms with Gasteiger partial charge in [0.2, 0.25) is 0 Å². The third kappa shape index (κ3) is 1.39. The molecule has 4 bridgehead atoms. The monoisotopic (exact) mass is 300 g/mol. The van der Waals surface area contributed by atoms with Crippen LogP contribution in [0.1, 0.15) is 66.2 Å². The third-order valence-electron chi connectivity index (χ3n) is 10.0. The maximum Gasteiger partial charge on any atom is -0.0315 e. The van der Waals surface area contributed by atoms with Crippen LogP contribution in [0.4, 0.5) is 0 Å². The van der Waals surface area contributed by atoms with Gasteiger partial charge in [-0.2, -0.15) is 0 Å². The highest BCUT2D eigenvalue weighted by molar-refractivity contribution is 5.22. The van der Waals surface area contributed by atoms with Gasteiger partial charge in [0.25, 0.3) is 0 Å². The normalized spacial score (nSPS) is 63.8. The molecule has 0 N–H and O–H groups in total. The second-order valence-electron chi connectivity index (χ2n) is 9.72. The van der Waals surface area contributed by atoms with Gasteiger partial charge in [-0.25, -0.2) is 0 Å². The number of hydrogen-bond donors (Lipinski definition) is 0. The van der Waals surface area contributed by atoms with Crippen LogP contribution < -0.4 is 0 Å². The molecular weight excluding hydrogens is 264 g/mol. The largest absolute Gasteiger partial charge is 0.0651 e. The summed E-state index contributed by atoms with van der Waals surface area (Å²) in [7, 11) is 0. The third-order valence-corrected chi connectivity index (χ3v) is 10.0. The van der Waals surface area contributed by atoms with Crippen LogP contribution in [0, 0.1) is 71.0 Å². The van der Waals surface area contributed by atoms with Crippen LogP contribution >= 0.6 is 0 Å². The molecule has 8 unspecified atom stereocenters. The fourth-order valence-electron chi connectivity index (χ4n) is 9.95. The molecule has 5 saturated carbocycles. The summed E-state index contributed by atoms with van der Waals surface area (Å²) >= 11 is 0. The Morgan fingerprint density at radius 1 is 0.455 bits per heavy atom. The first-order chi connectivity index (χ1) is 10.8. The molecule has 5 aliphatic rings. The van der Waals surface area contributed by atoms with E-state index in [1.165, 1.54) is 49.4 Å². The summed E-state index contributed by atoms with van der Waals surface area (Å²) in [5.41, 5.74) is 0. The lowest BCUT2D eigenvalue weighted by atomic mass is 9.43. The highest BCUT2D eigenvalue weighted by Crippen LogP contribution is 2.80. The van der Waals surface area contributed by atoms with Crippen molar-refractivity contribution in [2.45, 2.75) is 66.2 Å². The van der Waals surface area contributed by atoms with Gasteiger partial charge in [0, 0.05) is 0 Å². The Hall–Kier alpha value is 0. The summed E-state index contributed by atoms with van der Waals surface area (Å²) in [5.74, 6) is 13.9. The maximum atomic E-state index is 2.49. The molecule has 124 valence electrons. The molecule has 0 aromatic carbocycles. The molecule has 0 nitrogen and oxygen atoms in total. The summed E-state index contributed by atoms with van der Waals surface area (Å²) < 4.78 is 0. The fourth-order valence-corrected chi connectivity index (χ4v) is 9.95. The molecule has 0 aliphatic heterocycles. The standard InChI is InChI=1S/C22H36/c1-5-11-12(6-2)16-9-15(11)19-20(16)22-18-10-17(21(19)22)13(7-3)14(18)8-4/h11-22H,5-10H2,1-4H3. The summed E-state index contributed by atoms with van der Waals surface area (Å²) in [5, 5.41) is 0. The molecular formula is C22H36. The Balaban J connectivity index is 1.46. The molecule has 22 heavy (non-hydrogen) atoms. The highest BCUT2D eigenvalue weighted by Gasteiger charge is 2.74. The number of fused-ring (bicyclic) bond motifs is 12. The van der Waals surface area contributed by atoms with E-state index in [9.17, 15) is 0 Å². The zero-order chi connectivity index (χ0) is 15.2. The summed E-state index contributed by atoms with van der Waals surface area (Å²) in [4.78, 5) is 0. The van der Waals surface area contributed by atoms with Crippen LogP contribution in [0.25, 0.3) is 0 Å². The Morgan fingerprint density at radius 3 is 0.864 bits per heavy atom. The van der Waals surface area contributed by atoms with Crippen molar-refractivity contribution in [2.75, 3.05) is 0 Å². The predicted molar refractivity (Wildman–Crippen MR) is 92.3 cm³/mol. The van der Waals surface area contributed by atoms with Crippen LogP contribution in [0.15, 0.2) is 0 Å². The predicted octanol–water partition coefficient (Wildman–Crippen LogP) is 5.87. The van der Waals surface area contributed by atoms with Crippen LogP contribution in [-0.2, 0) is 0 Å². The average Bonchev–Trinajstić information content (AvgIpc) is 3.20. The van der Waals surface area contributed by atoms with E-state index >= 15 is 0 Å². The molecule has 5 rings (SSSR count). The second kappa shape index (κ2) is 4.76. The number of hydrogen-bond acceptors (Lipinski definition) is 0. The van der Waals surface area contributed by atoms with E-state index in [2.05, 4.69) is 27.7 Å². The van der Waals surface area contributed by atoms with Crippen LogP contribution in [-0.4, -0.2) is 0 Å². The smallest absolute Gasteiger partial charge is 0.0315 e. The van der Waals surface area contributed by atoms with Gasteiger partial charge in [0.15, 0.2) is 0 Å². The zero-order valence-electron chi connectivity index (χ0n) is 15.2. The van der Waals surface area contributed by atoms with Crippen molar-refractivity contribution < 1.29 is 0 Å². The molecule has 0 heterocycles. The van der Waals surface area contributed by atoms with E-state index in [4.69, 9.17) is 0 Å². The van der Waals surface area contributed by atoms with E-state index < -0.39 is 0 Å². The Morgan fingerprint density at radius 2 is 0.682 bits per heavy atom. The van der Waals surface area contributed by atoms with E-state index in [-0.39, 0.29) is 0 Å². The Labute approximate surface area is 137 Å². The number of rotatable bonds is 4. The molecule has 0 aromatic heterocycles. The van der Waals surface area contributed by atoms with Gasteiger partial charge < -0.3 is 0 Å². The molecule has 0 radical (unpaired) electrons. The molecule has 0 spiro atoms. The second-order valence-corrected chi connectivity index (χ2v) is 9.72. The SMILES string of the molecule is CCC1C(CC)C2CC1C1C2C2C3CC(C(CC)C3CC)C12. The van der Waals surface area contributed by atoms with E-state index in [1.807, 2.05) is 0 Å². The van der Waals surface area contributed by atoms with Gasteiger partial charge in [0.05, 0.1) is 0 Å². The summed E-state index contributed by atoms with van der Waals surface area (Å²) in [6.07, 6.45) is 9.19. The molecule has 0 amide bonds. The molecule has 5 aliphatic carbocycles. The quantitative estimate of drug-likeness (QED) is 0.609. The molecule has 0 saturated heterocycles. The van der Waals surface area contributed by atoms with Gasteiger partial charge >= 0.3 is 0 Å². The van der Waals surface area contributed by atoms with Gasteiger partial charge in [0.1, 0.15) is 0 Å². The lowest BCUT2D eigenvalue weighted by Gasteiger charge is -2.62. The topological polar surface area (TPSA) is 0 Å². The van der Waals surface area contributed by atoms with Crippen molar-refractivity contribution in [3.8, 4) is 0 Å². The van der Waals surface area contributed by atoms with Crippen LogP contribution in [0.2, 0.25) is 0 Å². The first kappa shape index (κ1) is 14.4. The molecule has 0 aromatic rings. The molecule has 5 fully saturated rings. The Bertz CT molecular complexity index is 363. The van der Waals surface area contributed by atoms with Crippen molar-refractivity contribution in [3.05, 3.63) is 0 Å². The first-order valence-electron chi connectivity index (χ1n) is 10.8. The van der Waals surface area contributed by atoms with Crippen LogP contribution in [0.5, 0.6) is 0 Å². The average molecular weight is 301 g/mol. The highest BCUT2D eigenvalue weighted by atomic mass is 14.8. The minimum atomic E-state index is 1.11. The fraction of sp³-hybridized carbons (Fsp3) is 1.00. The zero-order valence-corrected chi connectivity index (χ0v) is 15.2. The van der Waals surface area contributed by atoms with E-state index in [0.717, 1.165) is 47.3 Å². The minimum absolute atomic E-state index is 1.11. The van der Waals surface area contributed by atoms with Crippen molar-refractivity contribution >= 4 is 0 Å². The van der Waals surface area contributed by atoms with E-state index in [1.54, 1.807) is 12.8 Å². The van der Waals surface area contributed by atoms with Crippen molar-refractivity contribution in [2.24, 2.45) is 71.0 Å². The lowest BCUT2D eigenvalue weighted by molar-refractivity contribution is -0.150. The van der Waals surface area contributed by atoms with Crippen molar-refractivity contribution in [3.63, 3.8) is 0 Å². The lowest BCUT2D eigenvalue weighted by Crippen LogP contribution is -2.58. The maximum absolute atomic E-state index is 2.49. The van der Waals surface area contributed by atoms with Gasteiger partial charge in [-0.15, -0.1) is 0 Å². The molecule has 8 atom stereocenters. The van der Waals surface area contributed by atoms with Gasteiger partial charge in [-0.3, -0.25) is 0 Å². The van der Waals surface area contributed by atoms with Crippen LogP contribution in [0.3, 0.4) is 0 Å². The summed E-state index contributed by atoms with van der Waals surface area (Å²) in [6.45, 7) is 9.95. The van der Waals surface area contributed by atoms with Gasteiger partial charge in [-0.1, -0.05) is 53.4 Å². The summed E-state index contributed by atoms with van der Waals surface area (Å²) in [6, 6.07) is 0.